The zero-order chi connectivity index (χ0) is 12.3. The Balaban J connectivity index is 2.09. The van der Waals surface area contributed by atoms with Gasteiger partial charge in [0.05, 0.1) is 17.6 Å². The van der Waals surface area contributed by atoms with E-state index in [9.17, 15) is 0 Å². The highest BCUT2D eigenvalue weighted by atomic mass is 15.2. The molecule has 1 fully saturated rings. The van der Waals surface area contributed by atoms with Crippen molar-refractivity contribution in [3.63, 3.8) is 0 Å². The van der Waals surface area contributed by atoms with Crippen LogP contribution in [0.25, 0.3) is 0 Å². The van der Waals surface area contributed by atoms with Gasteiger partial charge in [-0.25, -0.2) is 0 Å². The molecular weight excluding hydrogens is 210 g/mol. The molecule has 0 spiro atoms. The Bertz CT molecular complexity index is 343. The van der Waals surface area contributed by atoms with Crippen LogP contribution in [-0.4, -0.2) is 17.6 Å². The summed E-state index contributed by atoms with van der Waals surface area (Å²) in [4.78, 5) is 6.98. The predicted octanol–water partition coefficient (Wildman–Crippen LogP) is 2.87. The number of pyridine rings is 1. The highest BCUT2D eigenvalue weighted by Gasteiger charge is 2.28. The van der Waals surface area contributed by atoms with Gasteiger partial charge in [-0.1, -0.05) is 13.8 Å². The van der Waals surface area contributed by atoms with E-state index in [2.05, 4.69) is 35.9 Å². The average Bonchev–Trinajstić information content (AvgIpc) is 3.19. The molecule has 1 aromatic rings. The van der Waals surface area contributed by atoms with Crippen LogP contribution < -0.4 is 10.6 Å². The third kappa shape index (κ3) is 2.97. The second kappa shape index (κ2) is 5.50. The number of aromatic nitrogens is 1. The zero-order valence-electron chi connectivity index (χ0n) is 10.9. The van der Waals surface area contributed by atoms with Crippen LogP contribution >= 0.6 is 0 Å². The maximum Gasteiger partial charge on any atom is 0.0572 e. The largest absolute Gasteiger partial charge is 0.367 e. The molecule has 17 heavy (non-hydrogen) atoms. The summed E-state index contributed by atoms with van der Waals surface area (Å²) >= 11 is 0. The maximum absolute atomic E-state index is 5.98. The van der Waals surface area contributed by atoms with Crippen LogP contribution in [0.1, 0.15) is 51.3 Å². The molecule has 3 nitrogen and oxygen atoms in total. The van der Waals surface area contributed by atoms with Crippen molar-refractivity contribution in [3.05, 3.63) is 24.0 Å². The third-order valence-electron chi connectivity index (χ3n) is 3.37. The van der Waals surface area contributed by atoms with Crippen molar-refractivity contribution >= 4 is 5.69 Å². The molecule has 0 saturated heterocycles. The van der Waals surface area contributed by atoms with E-state index in [0.717, 1.165) is 24.7 Å². The minimum atomic E-state index is 0.0737. The Morgan fingerprint density at radius 1 is 1.41 bits per heavy atom. The van der Waals surface area contributed by atoms with Crippen molar-refractivity contribution in [2.75, 3.05) is 11.4 Å². The Hall–Kier alpha value is -1.09. The van der Waals surface area contributed by atoms with Gasteiger partial charge in [0.1, 0.15) is 0 Å². The van der Waals surface area contributed by atoms with Gasteiger partial charge in [0, 0.05) is 18.6 Å². The lowest BCUT2D eigenvalue weighted by molar-refractivity contribution is 0.674. The van der Waals surface area contributed by atoms with Gasteiger partial charge in [-0.3, -0.25) is 4.98 Å². The fourth-order valence-corrected chi connectivity index (χ4v) is 2.15. The van der Waals surface area contributed by atoms with E-state index in [1.165, 1.54) is 24.9 Å². The quantitative estimate of drug-likeness (QED) is 0.821. The smallest absolute Gasteiger partial charge is 0.0572 e. The normalized spacial score (nSPS) is 16.9. The summed E-state index contributed by atoms with van der Waals surface area (Å²) < 4.78 is 0. The zero-order valence-corrected chi connectivity index (χ0v) is 10.9. The van der Waals surface area contributed by atoms with Gasteiger partial charge in [0.15, 0.2) is 0 Å². The summed E-state index contributed by atoms with van der Waals surface area (Å²) in [6.07, 6.45) is 6.77. The summed E-state index contributed by atoms with van der Waals surface area (Å²) in [5.41, 5.74) is 8.23. The van der Waals surface area contributed by atoms with Gasteiger partial charge < -0.3 is 10.6 Å². The van der Waals surface area contributed by atoms with Crippen molar-refractivity contribution in [1.29, 1.82) is 0 Å². The van der Waals surface area contributed by atoms with Gasteiger partial charge in [-0.15, -0.1) is 0 Å². The van der Waals surface area contributed by atoms with Crippen molar-refractivity contribution in [3.8, 4) is 0 Å². The molecule has 1 saturated carbocycles. The minimum absolute atomic E-state index is 0.0737. The third-order valence-corrected chi connectivity index (χ3v) is 3.37. The molecule has 1 heterocycles. The van der Waals surface area contributed by atoms with Crippen molar-refractivity contribution < 1.29 is 0 Å². The molecule has 0 aliphatic heterocycles. The van der Waals surface area contributed by atoms with Crippen LogP contribution in [0.15, 0.2) is 18.3 Å². The van der Waals surface area contributed by atoms with E-state index in [4.69, 9.17) is 5.73 Å². The fraction of sp³-hybridized carbons (Fsp3) is 0.643. The lowest BCUT2D eigenvalue weighted by Gasteiger charge is -2.24. The van der Waals surface area contributed by atoms with Gasteiger partial charge >= 0.3 is 0 Å². The molecule has 0 radical (unpaired) electrons. The van der Waals surface area contributed by atoms with Crippen LogP contribution in [-0.2, 0) is 0 Å². The second-order valence-electron chi connectivity index (χ2n) is 4.88. The van der Waals surface area contributed by atoms with Crippen molar-refractivity contribution in [2.45, 2.75) is 51.6 Å². The lowest BCUT2D eigenvalue weighted by atomic mass is 10.1. The minimum Gasteiger partial charge on any atom is -0.367 e. The van der Waals surface area contributed by atoms with Gasteiger partial charge in [-0.05, 0) is 37.8 Å². The van der Waals surface area contributed by atoms with E-state index in [-0.39, 0.29) is 6.04 Å². The standard InChI is InChI=1S/C14H23N3/c1-3-9-17(11-5-6-11)12-7-8-14(16-10-12)13(15)4-2/h7-8,10-11,13H,3-6,9,15H2,1-2H3/t13-/m1/s1. The molecule has 0 amide bonds. The second-order valence-corrected chi connectivity index (χ2v) is 4.88. The number of hydrogen-bond donors (Lipinski definition) is 1. The van der Waals surface area contributed by atoms with Crippen LogP contribution in [0.4, 0.5) is 5.69 Å². The molecule has 2 N–H and O–H groups in total. The molecule has 0 unspecified atom stereocenters. The summed E-state index contributed by atoms with van der Waals surface area (Å²) in [6, 6.07) is 5.08. The molecule has 1 aromatic heterocycles. The van der Waals surface area contributed by atoms with E-state index >= 15 is 0 Å². The molecular formula is C14H23N3. The molecule has 0 aromatic carbocycles. The summed E-state index contributed by atoms with van der Waals surface area (Å²) in [6.45, 7) is 5.45. The number of hydrogen-bond acceptors (Lipinski definition) is 3. The molecule has 0 bridgehead atoms. The summed E-state index contributed by atoms with van der Waals surface area (Å²) in [7, 11) is 0. The van der Waals surface area contributed by atoms with E-state index in [1.54, 1.807) is 0 Å². The summed E-state index contributed by atoms with van der Waals surface area (Å²) in [5.74, 6) is 0. The van der Waals surface area contributed by atoms with Crippen LogP contribution in [0, 0.1) is 0 Å². The molecule has 2 rings (SSSR count). The first-order chi connectivity index (χ1) is 8.26. The topological polar surface area (TPSA) is 42.1 Å². The Morgan fingerprint density at radius 2 is 2.18 bits per heavy atom. The number of anilines is 1. The van der Waals surface area contributed by atoms with Gasteiger partial charge in [0.2, 0.25) is 0 Å². The monoisotopic (exact) mass is 233 g/mol. The highest BCUT2D eigenvalue weighted by Crippen LogP contribution is 2.31. The fourth-order valence-electron chi connectivity index (χ4n) is 2.15. The van der Waals surface area contributed by atoms with Gasteiger partial charge in [-0.2, -0.15) is 0 Å². The predicted molar refractivity (Wildman–Crippen MR) is 72.1 cm³/mol. The van der Waals surface area contributed by atoms with Crippen LogP contribution in [0.2, 0.25) is 0 Å². The highest BCUT2D eigenvalue weighted by molar-refractivity contribution is 5.47. The molecule has 1 aliphatic carbocycles. The Kier molecular flexibility index (Phi) is 4.00. The van der Waals surface area contributed by atoms with Crippen LogP contribution in [0.5, 0.6) is 0 Å². The van der Waals surface area contributed by atoms with Gasteiger partial charge in [0.25, 0.3) is 0 Å². The number of nitrogens with zero attached hydrogens (tertiary/aromatic N) is 2. The van der Waals surface area contributed by atoms with E-state index in [1.807, 2.05) is 6.20 Å². The molecule has 3 heteroatoms. The SMILES string of the molecule is CCCN(c1ccc([C@H](N)CC)nc1)C1CC1. The first-order valence-corrected chi connectivity index (χ1v) is 6.74. The summed E-state index contributed by atoms with van der Waals surface area (Å²) in [5, 5.41) is 0. The van der Waals surface area contributed by atoms with Crippen molar-refractivity contribution in [2.24, 2.45) is 5.73 Å². The molecule has 1 atom stereocenters. The first-order valence-electron chi connectivity index (χ1n) is 6.74. The average molecular weight is 233 g/mol. The van der Waals surface area contributed by atoms with Crippen molar-refractivity contribution in [1.82, 2.24) is 4.98 Å². The maximum atomic E-state index is 5.98. The van der Waals surface area contributed by atoms with E-state index in [0.29, 0.717) is 0 Å². The Labute approximate surface area is 104 Å². The van der Waals surface area contributed by atoms with E-state index < -0.39 is 0 Å². The molecule has 94 valence electrons. The van der Waals surface area contributed by atoms with Crippen LogP contribution in [0.3, 0.4) is 0 Å². The Morgan fingerprint density at radius 3 is 2.65 bits per heavy atom. The first kappa shape index (κ1) is 12.4. The number of nitrogens with two attached hydrogens (primary N) is 1. The molecule has 1 aliphatic rings. The number of rotatable bonds is 6. The lowest BCUT2D eigenvalue weighted by Crippen LogP contribution is -2.26.